The number of nitriles is 1. The Morgan fingerprint density at radius 1 is 0.917 bits per heavy atom. The standard InChI is InChI=1S/C47H41Cl2N5O6/c1-28(40-17-18-51-53-40)54-25-36-23-44-43(59-27-45(60-44)34-12-14-37(15-13-34)58-26-31-7-16-38(48)39(49)19-31)22-35(36)21-42(54)46(55)52-41(47(56)57-2)20-29-3-8-32(9-4-29)33-10-5-30(24-50)6-11-33/h3-19,22-23,28,41-42,45H,20-21,25-27H2,1-2H3,(H,51,53)(H,52,55). The van der Waals surface area contributed by atoms with Crippen LogP contribution in [0.3, 0.4) is 0 Å². The van der Waals surface area contributed by atoms with Crippen molar-refractivity contribution in [2.45, 2.75) is 57.1 Å². The topological polar surface area (TPSA) is 139 Å². The van der Waals surface area contributed by atoms with Crippen molar-refractivity contribution in [2.75, 3.05) is 13.7 Å². The minimum absolute atomic E-state index is 0.235. The first kappa shape index (κ1) is 40.5. The fourth-order valence-electron chi connectivity index (χ4n) is 7.64. The number of carbonyl (C=O) groups excluding carboxylic acids is 2. The highest BCUT2D eigenvalue weighted by molar-refractivity contribution is 6.42. The maximum atomic E-state index is 14.4. The van der Waals surface area contributed by atoms with Gasteiger partial charge in [-0.25, -0.2) is 4.79 Å². The second-order valence-corrected chi connectivity index (χ2v) is 15.6. The molecule has 0 saturated heterocycles. The number of ether oxygens (including phenoxy) is 4. The molecule has 2 aliphatic rings. The van der Waals surface area contributed by atoms with Crippen molar-refractivity contribution in [3.63, 3.8) is 0 Å². The molecular formula is C47H41Cl2N5O6. The number of amides is 1. The first-order valence-corrected chi connectivity index (χ1v) is 20.3. The van der Waals surface area contributed by atoms with Crippen LogP contribution in [0.2, 0.25) is 10.0 Å². The summed E-state index contributed by atoms with van der Waals surface area (Å²) < 4.78 is 24.0. The number of hydrogen-bond acceptors (Lipinski definition) is 9. The summed E-state index contributed by atoms with van der Waals surface area (Å²) in [6, 6.07) is 34.5. The van der Waals surface area contributed by atoms with Gasteiger partial charge in [-0.2, -0.15) is 10.4 Å². The predicted molar refractivity (Wildman–Crippen MR) is 227 cm³/mol. The van der Waals surface area contributed by atoms with Crippen molar-refractivity contribution in [1.82, 2.24) is 20.4 Å². The van der Waals surface area contributed by atoms with Crippen molar-refractivity contribution in [3.05, 3.63) is 165 Å². The Morgan fingerprint density at radius 2 is 1.63 bits per heavy atom. The largest absolute Gasteiger partial charge is 0.489 e. The number of nitrogens with zero attached hydrogens (tertiary/aromatic N) is 3. The van der Waals surface area contributed by atoms with E-state index in [1.54, 1.807) is 30.5 Å². The van der Waals surface area contributed by atoms with Crippen LogP contribution in [0.1, 0.15) is 58.1 Å². The lowest BCUT2D eigenvalue weighted by Crippen LogP contribution is -2.55. The number of halogens is 2. The molecule has 6 aromatic rings. The quantitative estimate of drug-likeness (QED) is 0.116. The molecule has 0 fully saturated rings. The van der Waals surface area contributed by atoms with E-state index in [1.807, 2.05) is 91.9 Å². The van der Waals surface area contributed by atoms with Crippen LogP contribution in [0.4, 0.5) is 0 Å². The summed E-state index contributed by atoms with van der Waals surface area (Å²) in [5.41, 5.74) is 7.96. The molecule has 0 saturated carbocycles. The number of aromatic nitrogens is 2. The van der Waals surface area contributed by atoms with Crippen molar-refractivity contribution in [1.29, 1.82) is 5.26 Å². The van der Waals surface area contributed by atoms with Crippen LogP contribution in [-0.2, 0) is 40.3 Å². The summed E-state index contributed by atoms with van der Waals surface area (Å²) in [5, 5.41) is 20.5. The third-order valence-electron chi connectivity index (χ3n) is 11.0. The van der Waals surface area contributed by atoms with E-state index in [1.165, 1.54) is 7.11 Å². The molecule has 11 nitrogen and oxygen atoms in total. The number of methoxy groups -OCH3 is 1. The van der Waals surface area contributed by atoms with Gasteiger partial charge in [0.1, 0.15) is 25.0 Å². The lowest BCUT2D eigenvalue weighted by atomic mass is 9.90. The Bertz CT molecular complexity index is 2520. The third kappa shape index (κ3) is 8.97. The maximum absolute atomic E-state index is 14.4. The van der Waals surface area contributed by atoms with E-state index in [-0.39, 0.29) is 24.5 Å². The third-order valence-corrected chi connectivity index (χ3v) is 11.8. The molecular weight excluding hydrogens is 801 g/mol. The average Bonchev–Trinajstić information content (AvgIpc) is 3.83. The molecule has 2 N–H and O–H groups in total. The zero-order valence-corrected chi connectivity index (χ0v) is 34.4. The van der Waals surface area contributed by atoms with Crippen LogP contribution in [-0.4, -0.2) is 52.8 Å². The zero-order valence-electron chi connectivity index (χ0n) is 32.9. The van der Waals surface area contributed by atoms with E-state index in [2.05, 4.69) is 26.5 Å². The molecule has 13 heteroatoms. The van der Waals surface area contributed by atoms with E-state index < -0.39 is 18.1 Å². The molecule has 60 heavy (non-hydrogen) atoms. The maximum Gasteiger partial charge on any atom is 0.328 e. The first-order chi connectivity index (χ1) is 29.1. The zero-order chi connectivity index (χ0) is 41.8. The summed E-state index contributed by atoms with van der Waals surface area (Å²) in [7, 11) is 1.32. The van der Waals surface area contributed by atoms with Gasteiger partial charge in [-0.05, 0) is 107 Å². The molecule has 8 rings (SSSR count). The highest BCUT2D eigenvalue weighted by Gasteiger charge is 2.38. The van der Waals surface area contributed by atoms with Gasteiger partial charge in [-0.15, -0.1) is 0 Å². The van der Waals surface area contributed by atoms with Crippen LogP contribution in [0.25, 0.3) is 11.1 Å². The van der Waals surface area contributed by atoms with E-state index >= 15 is 0 Å². The van der Waals surface area contributed by atoms with Crippen molar-refractivity contribution < 1.29 is 28.5 Å². The smallest absolute Gasteiger partial charge is 0.328 e. The van der Waals surface area contributed by atoms with E-state index in [9.17, 15) is 9.59 Å². The minimum Gasteiger partial charge on any atom is -0.489 e. The molecule has 1 aromatic heterocycles. The second kappa shape index (κ2) is 17.9. The fourth-order valence-corrected chi connectivity index (χ4v) is 7.97. The number of nitrogens with one attached hydrogen (secondary N) is 2. The SMILES string of the molecule is COC(=O)C(Cc1ccc(-c2ccc(C#N)cc2)cc1)NC(=O)C1Cc2cc3c(cc2CN1C(C)c1cc[nH]n1)OC(c1ccc(OCc2ccc(Cl)c(Cl)c2)cc1)CO3. The van der Waals surface area contributed by atoms with Gasteiger partial charge in [0.25, 0.3) is 0 Å². The fraction of sp³-hybridized carbons (Fsp3) is 0.234. The Hall–Kier alpha value is -6.32. The van der Waals surface area contributed by atoms with E-state index in [0.717, 1.165) is 44.6 Å². The van der Waals surface area contributed by atoms with Crippen molar-refractivity contribution in [3.8, 4) is 34.4 Å². The summed E-state index contributed by atoms with van der Waals surface area (Å²) in [5.74, 6) is 1.09. The van der Waals surface area contributed by atoms with Crippen LogP contribution in [0.5, 0.6) is 17.2 Å². The lowest BCUT2D eigenvalue weighted by molar-refractivity contribution is -0.146. The average molecular weight is 843 g/mol. The van der Waals surface area contributed by atoms with Gasteiger partial charge in [0, 0.05) is 19.2 Å². The van der Waals surface area contributed by atoms with Gasteiger partial charge in [0.15, 0.2) is 17.6 Å². The first-order valence-electron chi connectivity index (χ1n) is 19.5. The normalized spacial score (nSPS) is 16.8. The molecule has 304 valence electrons. The highest BCUT2D eigenvalue weighted by atomic mass is 35.5. The number of aromatic amines is 1. The van der Waals surface area contributed by atoms with Crippen molar-refractivity contribution >= 4 is 35.1 Å². The molecule has 0 aliphatic carbocycles. The Labute approximate surface area is 357 Å². The molecule has 3 heterocycles. The molecule has 0 bridgehead atoms. The van der Waals surface area contributed by atoms with Crippen LogP contribution >= 0.6 is 23.2 Å². The van der Waals surface area contributed by atoms with Gasteiger partial charge < -0.3 is 24.3 Å². The monoisotopic (exact) mass is 841 g/mol. The van der Waals surface area contributed by atoms with E-state index in [0.29, 0.717) is 59.0 Å². The van der Waals surface area contributed by atoms with Gasteiger partial charge in [-0.3, -0.25) is 14.8 Å². The molecule has 4 unspecified atom stereocenters. The van der Waals surface area contributed by atoms with Crippen molar-refractivity contribution in [2.24, 2.45) is 0 Å². The predicted octanol–water partition coefficient (Wildman–Crippen LogP) is 8.74. The summed E-state index contributed by atoms with van der Waals surface area (Å²) >= 11 is 12.2. The summed E-state index contributed by atoms with van der Waals surface area (Å²) in [6.07, 6.45) is 2.02. The molecule has 2 aliphatic heterocycles. The summed E-state index contributed by atoms with van der Waals surface area (Å²) in [6.45, 7) is 3.09. The molecule has 1 amide bonds. The van der Waals surface area contributed by atoms with Gasteiger partial charge >= 0.3 is 5.97 Å². The number of H-pyrrole nitrogens is 1. The Kier molecular flexibility index (Phi) is 12.1. The van der Waals surface area contributed by atoms with Gasteiger partial charge in [-0.1, -0.05) is 77.8 Å². The Balaban J connectivity index is 0.972. The van der Waals surface area contributed by atoms with Gasteiger partial charge in [0.2, 0.25) is 5.91 Å². The van der Waals surface area contributed by atoms with Gasteiger partial charge in [0.05, 0.1) is 46.6 Å². The van der Waals surface area contributed by atoms with Crippen LogP contribution < -0.4 is 19.5 Å². The number of benzene rings is 5. The molecule has 5 aromatic carbocycles. The number of hydrogen-bond donors (Lipinski definition) is 2. The minimum atomic E-state index is -0.924. The number of esters is 1. The number of carbonyl (C=O) groups is 2. The summed E-state index contributed by atoms with van der Waals surface area (Å²) in [4.78, 5) is 29.6. The second-order valence-electron chi connectivity index (χ2n) is 14.8. The number of rotatable bonds is 12. The number of fused-ring (bicyclic) bond motifs is 2. The van der Waals surface area contributed by atoms with Crippen LogP contribution in [0, 0.1) is 11.3 Å². The molecule has 4 atom stereocenters. The Morgan fingerprint density at radius 3 is 2.32 bits per heavy atom. The molecule has 0 spiro atoms. The molecule has 0 radical (unpaired) electrons. The lowest BCUT2D eigenvalue weighted by Gasteiger charge is -2.40. The van der Waals surface area contributed by atoms with Crippen LogP contribution in [0.15, 0.2) is 115 Å². The van der Waals surface area contributed by atoms with E-state index in [4.69, 9.17) is 47.4 Å². The highest BCUT2D eigenvalue weighted by Crippen LogP contribution is 2.42.